The quantitative estimate of drug-likeness (QED) is 0.578. The standard InChI is InChI=1S/C11H13N3O2S/c1-2-6-14-10(12-13-11(14)17)7-4-3-5-8(15)9(7)16/h3-5,15-16H,2,6H2,1H3,(H,13,17). The summed E-state index contributed by atoms with van der Waals surface area (Å²) >= 11 is 5.12. The van der Waals surface area contributed by atoms with Crippen LogP contribution in [0.1, 0.15) is 13.3 Å². The third-order valence-electron chi connectivity index (χ3n) is 2.46. The van der Waals surface area contributed by atoms with Crippen LogP contribution in [0.25, 0.3) is 11.4 Å². The number of hydrogen-bond acceptors (Lipinski definition) is 4. The van der Waals surface area contributed by atoms with Crippen LogP contribution in [0.5, 0.6) is 11.5 Å². The molecule has 0 fully saturated rings. The van der Waals surface area contributed by atoms with Crippen LogP contribution in [-0.2, 0) is 6.54 Å². The Labute approximate surface area is 103 Å². The number of para-hydroxylation sites is 1. The van der Waals surface area contributed by atoms with Crippen LogP contribution < -0.4 is 0 Å². The fraction of sp³-hybridized carbons (Fsp3) is 0.273. The maximum atomic E-state index is 9.80. The molecule has 5 nitrogen and oxygen atoms in total. The van der Waals surface area contributed by atoms with E-state index in [4.69, 9.17) is 12.2 Å². The van der Waals surface area contributed by atoms with Crippen LogP contribution in [0.2, 0.25) is 0 Å². The molecule has 3 N–H and O–H groups in total. The number of aromatic nitrogens is 3. The minimum Gasteiger partial charge on any atom is -0.504 e. The van der Waals surface area contributed by atoms with E-state index in [1.807, 2.05) is 6.92 Å². The molecule has 90 valence electrons. The van der Waals surface area contributed by atoms with Gasteiger partial charge in [0, 0.05) is 6.54 Å². The second-order valence-electron chi connectivity index (χ2n) is 3.68. The number of phenols is 2. The van der Waals surface area contributed by atoms with E-state index < -0.39 is 0 Å². The summed E-state index contributed by atoms with van der Waals surface area (Å²) in [5.74, 6) is 0.184. The van der Waals surface area contributed by atoms with Crippen molar-refractivity contribution in [1.82, 2.24) is 14.8 Å². The smallest absolute Gasteiger partial charge is 0.195 e. The molecule has 0 spiro atoms. The second-order valence-corrected chi connectivity index (χ2v) is 4.06. The molecule has 0 radical (unpaired) electrons. The highest BCUT2D eigenvalue weighted by atomic mass is 32.1. The number of benzene rings is 1. The molecule has 1 aromatic carbocycles. The Morgan fingerprint density at radius 1 is 1.41 bits per heavy atom. The van der Waals surface area contributed by atoms with E-state index in [0.29, 0.717) is 22.7 Å². The minimum absolute atomic E-state index is 0.167. The van der Waals surface area contributed by atoms with Crippen LogP contribution in [0.3, 0.4) is 0 Å². The van der Waals surface area contributed by atoms with Crippen LogP contribution in [0.15, 0.2) is 18.2 Å². The zero-order valence-electron chi connectivity index (χ0n) is 9.34. The van der Waals surface area contributed by atoms with Gasteiger partial charge in [0.25, 0.3) is 0 Å². The number of hydrogen-bond donors (Lipinski definition) is 3. The summed E-state index contributed by atoms with van der Waals surface area (Å²) in [6, 6.07) is 4.76. The van der Waals surface area contributed by atoms with Gasteiger partial charge in [-0.1, -0.05) is 13.0 Å². The molecule has 0 aliphatic carbocycles. The van der Waals surface area contributed by atoms with Crippen molar-refractivity contribution < 1.29 is 10.2 Å². The SMILES string of the molecule is CCCn1c(-c2cccc(O)c2O)n[nH]c1=S. The molecule has 17 heavy (non-hydrogen) atoms. The van der Waals surface area contributed by atoms with Crippen molar-refractivity contribution in [1.29, 1.82) is 0 Å². The molecule has 0 bridgehead atoms. The molecule has 0 saturated carbocycles. The Morgan fingerprint density at radius 3 is 2.88 bits per heavy atom. The number of aromatic amines is 1. The van der Waals surface area contributed by atoms with Crippen LogP contribution >= 0.6 is 12.2 Å². The molecule has 0 aliphatic heterocycles. The number of nitrogens with zero attached hydrogens (tertiary/aromatic N) is 2. The van der Waals surface area contributed by atoms with Crippen molar-refractivity contribution >= 4 is 12.2 Å². The Bertz CT molecular complexity index is 589. The summed E-state index contributed by atoms with van der Waals surface area (Å²) in [5.41, 5.74) is 0.464. The zero-order valence-corrected chi connectivity index (χ0v) is 10.2. The highest BCUT2D eigenvalue weighted by Crippen LogP contribution is 2.35. The molecule has 2 rings (SSSR count). The first kappa shape index (κ1) is 11.7. The average Bonchev–Trinajstić information content (AvgIpc) is 2.66. The van der Waals surface area contributed by atoms with Gasteiger partial charge in [-0.2, -0.15) is 5.10 Å². The summed E-state index contributed by atoms with van der Waals surface area (Å²) in [4.78, 5) is 0. The molecule has 0 amide bonds. The maximum absolute atomic E-state index is 9.80. The summed E-state index contributed by atoms with van der Waals surface area (Å²) in [6.07, 6.45) is 0.903. The average molecular weight is 251 g/mol. The molecule has 6 heteroatoms. The summed E-state index contributed by atoms with van der Waals surface area (Å²) in [7, 11) is 0. The van der Waals surface area contributed by atoms with E-state index in [-0.39, 0.29) is 11.5 Å². The van der Waals surface area contributed by atoms with E-state index in [1.54, 1.807) is 16.7 Å². The lowest BCUT2D eigenvalue weighted by Crippen LogP contribution is -2.00. The van der Waals surface area contributed by atoms with Crippen molar-refractivity contribution in [2.24, 2.45) is 0 Å². The monoisotopic (exact) mass is 251 g/mol. The predicted molar refractivity (Wildman–Crippen MR) is 66.5 cm³/mol. The number of H-pyrrole nitrogens is 1. The van der Waals surface area contributed by atoms with Gasteiger partial charge in [-0.05, 0) is 30.8 Å². The fourth-order valence-corrected chi connectivity index (χ4v) is 1.89. The molecule has 0 saturated heterocycles. The van der Waals surface area contributed by atoms with Gasteiger partial charge >= 0.3 is 0 Å². The molecule has 0 atom stereocenters. The Hall–Kier alpha value is -1.82. The molecule has 2 aromatic rings. The van der Waals surface area contributed by atoms with Crippen LogP contribution in [-0.4, -0.2) is 25.0 Å². The summed E-state index contributed by atoms with van der Waals surface area (Å²) in [5, 5.41) is 26.0. The van der Waals surface area contributed by atoms with E-state index in [1.165, 1.54) is 6.07 Å². The molecule has 0 unspecified atom stereocenters. The predicted octanol–water partition coefficient (Wildman–Crippen LogP) is 2.43. The first-order valence-electron chi connectivity index (χ1n) is 5.31. The number of phenolic OH excluding ortho intramolecular Hbond substituents is 2. The van der Waals surface area contributed by atoms with Crippen molar-refractivity contribution in [2.45, 2.75) is 19.9 Å². The lowest BCUT2D eigenvalue weighted by Gasteiger charge is -2.07. The van der Waals surface area contributed by atoms with E-state index in [2.05, 4.69) is 10.2 Å². The molecular formula is C11H13N3O2S. The van der Waals surface area contributed by atoms with Gasteiger partial charge in [0.1, 0.15) is 0 Å². The Morgan fingerprint density at radius 2 is 2.18 bits per heavy atom. The van der Waals surface area contributed by atoms with E-state index >= 15 is 0 Å². The highest BCUT2D eigenvalue weighted by Gasteiger charge is 2.14. The first-order chi connectivity index (χ1) is 8.15. The van der Waals surface area contributed by atoms with Crippen LogP contribution in [0.4, 0.5) is 0 Å². The van der Waals surface area contributed by atoms with Crippen molar-refractivity contribution in [3.63, 3.8) is 0 Å². The topological polar surface area (TPSA) is 74.1 Å². The highest BCUT2D eigenvalue weighted by molar-refractivity contribution is 7.71. The first-order valence-corrected chi connectivity index (χ1v) is 5.72. The van der Waals surface area contributed by atoms with Crippen molar-refractivity contribution in [3.05, 3.63) is 23.0 Å². The van der Waals surface area contributed by atoms with E-state index in [9.17, 15) is 10.2 Å². The Balaban J connectivity index is 2.60. The lowest BCUT2D eigenvalue weighted by molar-refractivity contribution is 0.404. The summed E-state index contributed by atoms with van der Waals surface area (Å²) < 4.78 is 2.30. The largest absolute Gasteiger partial charge is 0.504 e. The fourth-order valence-electron chi connectivity index (χ4n) is 1.67. The van der Waals surface area contributed by atoms with Gasteiger partial charge in [0.2, 0.25) is 0 Å². The third-order valence-corrected chi connectivity index (χ3v) is 2.77. The minimum atomic E-state index is -0.182. The van der Waals surface area contributed by atoms with E-state index in [0.717, 1.165) is 6.42 Å². The lowest BCUT2D eigenvalue weighted by atomic mass is 10.1. The molecule has 1 heterocycles. The number of rotatable bonds is 3. The Kier molecular flexibility index (Phi) is 3.14. The van der Waals surface area contributed by atoms with Gasteiger partial charge in [-0.15, -0.1) is 0 Å². The number of aromatic hydroxyl groups is 2. The zero-order chi connectivity index (χ0) is 12.4. The maximum Gasteiger partial charge on any atom is 0.195 e. The van der Waals surface area contributed by atoms with Crippen molar-refractivity contribution in [2.75, 3.05) is 0 Å². The van der Waals surface area contributed by atoms with Gasteiger partial charge < -0.3 is 14.8 Å². The van der Waals surface area contributed by atoms with Gasteiger partial charge in [0.15, 0.2) is 22.1 Å². The molecule has 0 aliphatic rings. The van der Waals surface area contributed by atoms with Gasteiger partial charge in [-0.3, -0.25) is 5.10 Å². The van der Waals surface area contributed by atoms with Crippen LogP contribution in [0, 0.1) is 4.77 Å². The summed E-state index contributed by atoms with van der Waals surface area (Å²) in [6.45, 7) is 2.74. The molecule has 1 aromatic heterocycles. The van der Waals surface area contributed by atoms with Gasteiger partial charge in [0.05, 0.1) is 5.56 Å². The second kappa shape index (κ2) is 4.58. The molecular weight excluding hydrogens is 238 g/mol. The third kappa shape index (κ3) is 2.03. The van der Waals surface area contributed by atoms with Gasteiger partial charge in [-0.25, -0.2) is 0 Å². The van der Waals surface area contributed by atoms with Crippen molar-refractivity contribution in [3.8, 4) is 22.9 Å². The number of nitrogens with one attached hydrogen (secondary N) is 1. The normalized spacial score (nSPS) is 10.6.